The maximum atomic E-state index is 6.03. The van der Waals surface area contributed by atoms with Crippen LogP contribution in [0.15, 0.2) is 0 Å². The molecule has 0 amide bonds. The van der Waals surface area contributed by atoms with Gasteiger partial charge in [-0.05, 0) is 50.1 Å². The minimum absolute atomic E-state index is 0.324. The van der Waals surface area contributed by atoms with E-state index in [4.69, 9.17) is 11.6 Å². The van der Waals surface area contributed by atoms with Gasteiger partial charge in [-0.25, -0.2) is 0 Å². The zero-order valence-electron chi connectivity index (χ0n) is 7.63. The van der Waals surface area contributed by atoms with E-state index in [1.807, 2.05) is 6.92 Å². The maximum absolute atomic E-state index is 6.03. The predicted molar refractivity (Wildman–Crippen MR) is 49.7 cm³/mol. The molecule has 3 rings (SSSR count). The van der Waals surface area contributed by atoms with Gasteiger partial charge in [0.05, 0.1) is 5.54 Å². The number of halogens is 1. The van der Waals surface area contributed by atoms with Crippen LogP contribution in [0.1, 0.15) is 31.5 Å². The molecule has 2 aliphatic rings. The molecule has 4 heteroatoms. The molecule has 0 N–H and O–H groups in total. The third kappa shape index (κ3) is 0.966. The van der Waals surface area contributed by atoms with Crippen LogP contribution >= 0.6 is 11.6 Å². The second-order valence-corrected chi connectivity index (χ2v) is 4.57. The van der Waals surface area contributed by atoms with E-state index in [-0.39, 0.29) is 0 Å². The fourth-order valence-electron chi connectivity index (χ4n) is 2.41. The molecule has 0 radical (unpaired) electrons. The third-order valence-electron chi connectivity index (χ3n) is 3.33. The van der Waals surface area contributed by atoms with Crippen molar-refractivity contribution in [2.75, 3.05) is 0 Å². The fourth-order valence-corrected chi connectivity index (χ4v) is 2.73. The zero-order chi connectivity index (χ0) is 9.05. The molecule has 0 bridgehead atoms. The van der Waals surface area contributed by atoms with Crippen molar-refractivity contribution in [3.63, 3.8) is 0 Å². The van der Waals surface area contributed by atoms with Crippen molar-refractivity contribution in [2.45, 2.75) is 38.1 Å². The molecule has 2 aliphatic carbocycles. The monoisotopic (exact) mass is 197 g/mol. The summed E-state index contributed by atoms with van der Waals surface area (Å²) in [5, 5.41) is 8.50. The Morgan fingerprint density at radius 2 is 2.08 bits per heavy atom. The summed E-state index contributed by atoms with van der Waals surface area (Å²) in [5.41, 5.74) is 0.324. The highest BCUT2D eigenvalue weighted by Crippen LogP contribution is 2.60. The molecule has 1 aromatic rings. The lowest BCUT2D eigenvalue weighted by molar-refractivity contribution is 0.412. The molecular formula is C9H12ClN3. The highest BCUT2D eigenvalue weighted by molar-refractivity contribution is 6.28. The van der Waals surface area contributed by atoms with Crippen molar-refractivity contribution in [3.8, 4) is 0 Å². The second-order valence-electron chi connectivity index (χ2n) is 4.23. The van der Waals surface area contributed by atoms with E-state index in [0.717, 1.165) is 11.7 Å². The number of aryl methyl sites for hydroxylation is 1. The van der Waals surface area contributed by atoms with E-state index in [1.165, 1.54) is 25.7 Å². The molecule has 0 aliphatic heterocycles. The molecule has 3 nitrogen and oxygen atoms in total. The predicted octanol–water partition coefficient (Wildman–Crippen LogP) is 2.14. The van der Waals surface area contributed by atoms with Crippen molar-refractivity contribution in [2.24, 2.45) is 5.92 Å². The van der Waals surface area contributed by atoms with E-state index >= 15 is 0 Å². The van der Waals surface area contributed by atoms with Gasteiger partial charge in [0.2, 0.25) is 5.28 Å². The number of hydrogen-bond donors (Lipinski definition) is 0. The van der Waals surface area contributed by atoms with Crippen LogP contribution in [0.25, 0.3) is 0 Å². The summed E-state index contributed by atoms with van der Waals surface area (Å²) in [4.78, 5) is 0. The van der Waals surface area contributed by atoms with Gasteiger partial charge >= 0.3 is 0 Å². The molecular weight excluding hydrogens is 186 g/mol. The molecule has 70 valence electrons. The van der Waals surface area contributed by atoms with Gasteiger partial charge in [-0.15, -0.1) is 10.2 Å². The first-order chi connectivity index (χ1) is 6.24. The van der Waals surface area contributed by atoms with Crippen LogP contribution in [0, 0.1) is 12.8 Å². The molecule has 13 heavy (non-hydrogen) atoms. The average molecular weight is 198 g/mol. The Balaban J connectivity index is 2.07. The SMILES string of the molecule is Cc1nnc(Cl)n1C1(C2CC2)CC1. The van der Waals surface area contributed by atoms with Crippen LogP contribution in [0.4, 0.5) is 0 Å². The summed E-state index contributed by atoms with van der Waals surface area (Å²) >= 11 is 6.03. The smallest absolute Gasteiger partial charge is 0.225 e. The summed E-state index contributed by atoms with van der Waals surface area (Å²) in [6.07, 6.45) is 5.23. The van der Waals surface area contributed by atoms with E-state index < -0.39 is 0 Å². The first-order valence-corrected chi connectivity index (χ1v) is 5.20. The van der Waals surface area contributed by atoms with E-state index in [1.54, 1.807) is 0 Å². The first kappa shape index (κ1) is 7.80. The van der Waals surface area contributed by atoms with Gasteiger partial charge in [0, 0.05) is 0 Å². The lowest BCUT2D eigenvalue weighted by Gasteiger charge is -2.17. The van der Waals surface area contributed by atoms with Crippen molar-refractivity contribution in [1.82, 2.24) is 14.8 Å². The second kappa shape index (κ2) is 2.27. The summed E-state index contributed by atoms with van der Waals surface area (Å²) in [6, 6.07) is 0. The van der Waals surface area contributed by atoms with Crippen molar-refractivity contribution in [1.29, 1.82) is 0 Å². The molecule has 1 aromatic heterocycles. The Bertz CT molecular complexity index is 330. The number of nitrogens with zero attached hydrogens (tertiary/aromatic N) is 3. The molecule has 0 spiro atoms. The molecule has 2 fully saturated rings. The maximum Gasteiger partial charge on any atom is 0.225 e. The van der Waals surface area contributed by atoms with Crippen LogP contribution in [-0.4, -0.2) is 14.8 Å². The quantitative estimate of drug-likeness (QED) is 0.728. The number of aromatic nitrogens is 3. The van der Waals surface area contributed by atoms with Crippen LogP contribution in [0.3, 0.4) is 0 Å². The Kier molecular flexibility index (Phi) is 1.36. The summed E-state index contributed by atoms with van der Waals surface area (Å²) in [5.74, 6) is 1.81. The Morgan fingerprint density at radius 1 is 1.38 bits per heavy atom. The molecule has 0 unspecified atom stereocenters. The normalized spacial score (nSPS) is 24.8. The van der Waals surface area contributed by atoms with Crippen molar-refractivity contribution < 1.29 is 0 Å². The largest absolute Gasteiger partial charge is 0.295 e. The topological polar surface area (TPSA) is 30.7 Å². The average Bonchev–Trinajstić information content (AvgIpc) is 2.96. The molecule has 1 heterocycles. The molecule has 0 saturated heterocycles. The van der Waals surface area contributed by atoms with Gasteiger partial charge in [0.15, 0.2) is 0 Å². The minimum Gasteiger partial charge on any atom is -0.295 e. The summed E-state index contributed by atoms with van der Waals surface area (Å²) < 4.78 is 2.15. The Hall–Kier alpha value is -0.570. The lowest BCUT2D eigenvalue weighted by Crippen LogP contribution is -2.21. The summed E-state index contributed by atoms with van der Waals surface area (Å²) in [6.45, 7) is 1.99. The standard InChI is InChI=1S/C9H12ClN3/c1-6-11-12-8(10)13(6)9(4-5-9)7-2-3-7/h7H,2-5H2,1H3. The van der Waals surface area contributed by atoms with Gasteiger partial charge < -0.3 is 0 Å². The van der Waals surface area contributed by atoms with Gasteiger partial charge in [-0.3, -0.25) is 4.57 Å². The highest BCUT2D eigenvalue weighted by Gasteiger charge is 2.56. The fraction of sp³-hybridized carbons (Fsp3) is 0.778. The minimum atomic E-state index is 0.324. The van der Waals surface area contributed by atoms with Crippen molar-refractivity contribution >= 4 is 11.6 Å². The Morgan fingerprint density at radius 3 is 2.46 bits per heavy atom. The number of rotatable bonds is 2. The first-order valence-electron chi connectivity index (χ1n) is 4.82. The third-order valence-corrected chi connectivity index (χ3v) is 3.57. The molecule has 2 saturated carbocycles. The van der Waals surface area contributed by atoms with Gasteiger partial charge in [-0.1, -0.05) is 0 Å². The Labute approximate surface area is 82.1 Å². The van der Waals surface area contributed by atoms with Gasteiger partial charge in [-0.2, -0.15) is 0 Å². The number of hydrogen-bond acceptors (Lipinski definition) is 2. The van der Waals surface area contributed by atoms with Crippen molar-refractivity contribution in [3.05, 3.63) is 11.1 Å². The zero-order valence-corrected chi connectivity index (χ0v) is 8.38. The van der Waals surface area contributed by atoms with Crippen LogP contribution in [0.2, 0.25) is 5.28 Å². The molecule has 0 atom stereocenters. The van der Waals surface area contributed by atoms with Crippen LogP contribution in [-0.2, 0) is 5.54 Å². The summed E-state index contributed by atoms with van der Waals surface area (Å²) in [7, 11) is 0. The lowest BCUT2D eigenvalue weighted by atomic mass is 10.1. The van der Waals surface area contributed by atoms with E-state index in [9.17, 15) is 0 Å². The highest BCUT2D eigenvalue weighted by atomic mass is 35.5. The van der Waals surface area contributed by atoms with E-state index in [2.05, 4.69) is 14.8 Å². The van der Waals surface area contributed by atoms with Crippen LogP contribution in [0.5, 0.6) is 0 Å². The van der Waals surface area contributed by atoms with Gasteiger partial charge in [0.25, 0.3) is 0 Å². The molecule has 0 aromatic carbocycles. The van der Waals surface area contributed by atoms with Crippen LogP contribution < -0.4 is 0 Å². The van der Waals surface area contributed by atoms with E-state index in [0.29, 0.717) is 10.8 Å². The van der Waals surface area contributed by atoms with Gasteiger partial charge in [0.1, 0.15) is 5.82 Å².